The summed E-state index contributed by atoms with van der Waals surface area (Å²) in [6.07, 6.45) is 0.907. The highest BCUT2D eigenvalue weighted by atomic mass is 32.2. The zero-order chi connectivity index (χ0) is 13.8. The van der Waals surface area contributed by atoms with Crippen LogP contribution in [0.1, 0.15) is 11.1 Å². The molecule has 1 aromatic heterocycles. The van der Waals surface area contributed by atoms with E-state index >= 15 is 0 Å². The van der Waals surface area contributed by atoms with Crippen molar-refractivity contribution in [2.45, 2.75) is 11.9 Å². The van der Waals surface area contributed by atoms with Crippen LogP contribution >= 0.6 is 11.8 Å². The topological polar surface area (TPSA) is 104 Å². The van der Waals surface area contributed by atoms with Gasteiger partial charge in [0.05, 0.1) is 23.6 Å². The van der Waals surface area contributed by atoms with Crippen molar-refractivity contribution in [3.8, 4) is 18.0 Å². The van der Waals surface area contributed by atoms with E-state index in [1.807, 2.05) is 12.1 Å². The van der Waals surface area contributed by atoms with E-state index in [0.717, 1.165) is 18.0 Å². The number of nitriles is 2. The van der Waals surface area contributed by atoms with Crippen molar-refractivity contribution in [1.29, 1.82) is 10.5 Å². The second-order valence-electron chi connectivity index (χ2n) is 3.30. The Bertz CT molecular complexity index is 642. The Morgan fingerprint density at radius 2 is 2.17 bits per heavy atom. The van der Waals surface area contributed by atoms with Gasteiger partial charge in [0, 0.05) is 6.07 Å². The summed E-state index contributed by atoms with van der Waals surface area (Å²) < 4.78 is 26.7. The fourth-order valence-electron chi connectivity index (χ4n) is 1.15. The van der Waals surface area contributed by atoms with E-state index in [1.54, 1.807) is 6.92 Å². The molecule has 18 heavy (non-hydrogen) atoms. The Kier molecular flexibility index (Phi) is 4.54. The third-order valence-electron chi connectivity index (χ3n) is 1.78. The summed E-state index contributed by atoms with van der Waals surface area (Å²) in [6.45, 7) is 1.64. The molecule has 8 heteroatoms. The maximum atomic E-state index is 11.0. The predicted octanol–water partition coefficient (Wildman–Crippen LogP) is 1.22. The zero-order valence-corrected chi connectivity index (χ0v) is 11.3. The van der Waals surface area contributed by atoms with Gasteiger partial charge in [0.15, 0.2) is 0 Å². The average Bonchev–Trinajstić information content (AvgIpc) is 2.23. The molecule has 0 aromatic carbocycles. The van der Waals surface area contributed by atoms with Crippen molar-refractivity contribution in [3.63, 3.8) is 0 Å². The van der Waals surface area contributed by atoms with Gasteiger partial charge >= 0.3 is 10.1 Å². The molecule has 1 rings (SSSR count). The van der Waals surface area contributed by atoms with E-state index in [4.69, 9.17) is 10.5 Å². The lowest BCUT2D eigenvalue weighted by molar-refractivity contribution is 0.479. The maximum absolute atomic E-state index is 11.0. The molecule has 0 N–H and O–H groups in total. The van der Waals surface area contributed by atoms with Crippen molar-refractivity contribution in [2.24, 2.45) is 0 Å². The van der Waals surface area contributed by atoms with Crippen molar-refractivity contribution in [3.05, 3.63) is 17.2 Å². The summed E-state index contributed by atoms with van der Waals surface area (Å²) in [5, 5.41) is 17.8. The third-order valence-corrected chi connectivity index (χ3v) is 3.10. The smallest absolute Gasteiger partial charge is 0.307 e. The van der Waals surface area contributed by atoms with Crippen LogP contribution in [0, 0.1) is 29.6 Å². The lowest BCUT2D eigenvalue weighted by Gasteiger charge is -2.07. The highest BCUT2D eigenvalue weighted by Gasteiger charge is 2.13. The van der Waals surface area contributed by atoms with Crippen LogP contribution in [0.25, 0.3) is 0 Å². The Morgan fingerprint density at radius 3 is 2.67 bits per heavy atom. The molecular formula is C10H9N3O3S2. The standard InChI is InChI=1S/C10H9N3O3S2/c1-7-5-9(16-18(2,14)15)13-10(8(7)6-12)17-4-3-11/h5H,4H2,1-2H3. The molecule has 0 atom stereocenters. The minimum absolute atomic E-state index is 0.102. The first-order valence-electron chi connectivity index (χ1n) is 4.68. The summed E-state index contributed by atoms with van der Waals surface area (Å²) in [7, 11) is -3.67. The number of hydrogen-bond acceptors (Lipinski definition) is 7. The van der Waals surface area contributed by atoms with E-state index < -0.39 is 10.1 Å². The van der Waals surface area contributed by atoms with Crippen molar-refractivity contribution in [2.75, 3.05) is 12.0 Å². The van der Waals surface area contributed by atoms with E-state index in [1.165, 1.54) is 6.07 Å². The SMILES string of the molecule is Cc1cc(OS(C)(=O)=O)nc(SCC#N)c1C#N. The molecule has 0 aliphatic rings. The molecule has 1 heterocycles. The van der Waals surface area contributed by atoms with Crippen molar-refractivity contribution < 1.29 is 12.6 Å². The number of thioether (sulfide) groups is 1. The molecule has 0 spiro atoms. The summed E-state index contributed by atoms with van der Waals surface area (Å²) in [6, 6.07) is 5.25. The van der Waals surface area contributed by atoms with Gasteiger partial charge in [0.1, 0.15) is 11.1 Å². The first-order valence-corrected chi connectivity index (χ1v) is 7.48. The lowest BCUT2D eigenvalue weighted by Crippen LogP contribution is -2.08. The Morgan fingerprint density at radius 1 is 1.50 bits per heavy atom. The fourth-order valence-corrected chi connectivity index (χ4v) is 2.26. The highest BCUT2D eigenvalue weighted by Crippen LogP contribution is 2.26. The summed E-state index contributed by atoms with van der Waals surface area (Å²) in [4.78, 5) is 3.92. The van der Waals surface area contributed by atoms with Gasteiger partial charge in [0.25, 0.3) is 0 Å². The lowest BCUT2D eigenvalue weighted by atomic mass is 10.2. The van der Waals surface area contributed by atoms with Crippen molar-refractivity contribution in [1.82, 2.24) is 4.98 Å². The first kappa shape index (κ1) is 14.3. The Labute approximate surface area is 109 Å². The largest absolute Gasteiger partial charge is 0.362 e. The van der Waals surface area contributed by atoms with E-state index in [-0.39, 0.29) is 16.7 Å². The van der Waals surface area contributed by atoms with Gasteiger partial charge in [-0.3, -0.25) is 0 Å². The van der Waals surface area contributed by atoms with Crippen LogP contribution in [0.4, 0.5) is 0 Å². The van der Waals surface area contributed by atoms with Crippen LogP contribution in [-0.4, -0.2) is 25.4 Å². The molecule has 6 nitrogen and oxygen atoms in total. The minimum Gasteiger partial charge on any atom is -0.362 e. The molecule has 0 aliphatic heterocycles. The molecular weight excluding hydrogens is 274 g/mol. The minimum atomic E-state index is -3.67. The van der Waals surface area contributed by atoms with Crippen LogP contribution in [0.2, 0.25) is 0 Å². The first-order chi connectivity index (χ1) is 8.37. The Balaban J connectivity index is 3.23. The molecule has 94 valence electrons. The van der Waals surface area contributed by atoms with E-state index in [9.17, 15) is 8.42 Å². The predicted molar refractivity (Wildman–Crippen MR) is 65.5 cm³/mol. The molecule has 1 aromatic rings. The summed E-state index contributed by atoms with van der Waals surface area (Å²) in [5.41, 5.74) is 0.864. The quantitative estimate of drug-likeness (QED) is 0.604. The van der Waals surface area contributed by atoms with Crippen molar-refractivity contribution >= 4 is 21.9 Å². The zero-order valence-electron chi connectivity index (χ0n) is 9.67. The summed E-state index contributed by atoms with van der Waals surface area (Å²) >= 11 is 1.06. The van der Waals surface area contributed by atoms with Crippen LogP contribution in [0.15, 0.2) is 11.1 Å². The fraction of sp³-hybridized carbons (Fsp3) is 0.300. The average molecular weight is 283 g/mol. The number of pyridine rings is 1. The van der Waals surface area contributed by atoms with E-state index in [0.29, 0.717) is 11.1 Å². The van der Waals surface area contributed by atoms with Gasteiger partial charge in [-0.2, -0.15) is 18.9 Å². The van der Waals surface area contributed by atoms with Gasteiger partial charge < -0.3 is 4.18 Å². The number of rotatable bonds is 4. The van der Waals surface area contributed by atoms with Gasteiger partial charge in [-0.05, 0) is 12.5 Å². The maximum Gasteiger partial charge on any atom is 0.307 e. The molecule has 0 aliphatic carbocycles. The molecule has 0 fully saturated rings. The second-order valence-corrected chi connectivity index (χ2v) is 5.84. The monoisotopic (exact) mass is 283 g/mol. The van der Waals surface area contributed by atoms with Gasteiger partial charge in [-0.1, -0.05) is 11.8 Å². The second kappa shape index (κ2) is 5.71. The van der Waals surface area contributed by atoms with Crippen LogP contribution in [0.3, 0.4) is 0 Å². The van der Waals surface area contributed by atoms with Gasteiger partial charge in [-0.15, -0.1) is 0 Å². The molecule has 0 radical (unpaired) electrons. The number of hydrogen-bond donors (Lipinski definition) is 0. The normalized spacial score (nSPS) is 10.4. The van der Waals surface area contributed by atoms with Crippen LogP contribution in [-0.2, 0) is 10.1 Å². The third kappa shape index (κ3) is 3.91. The molecule has 0 unspecified atom stereocenters. The molecule has 0 saturated heterocycles. The Hall–Kier alpha value is -1.77. The van der Waals surface area contributed by atoms with Crippen LogP contribution in [0.5, 0.6) is 5.88 Å². The highest BCUT2D eigenvalue weighted by molar-refractivity contribution is 7.99. The van der Waals surface area contributed by atoms with Gasteiger partial charge in [0.2, 0.25) is 5.88 Å². The molecule has 0 saturated carbocycles. The molecule has 0 amide bonds. The number of nitrogens with zero attached hydrogens (tertiary/aromatic N) is 3. The van der Waals surface area contributed by atoms with Gasteiger partial charge in [-0.25, -0.2) is 4.98 Å². The number of aryl methyl sites for hydroxylation is 1. The molecule has 0 bridgehead atoms. The summed E-state index contributed by atoms with van der Waals surface area (Å²) in [5.74, 6) is 0.0122. The van der Waals surface area contributed by atoms with E-state index in [2.05, 4.69) is 9.17 Å². The number of aromatic nitrogens is 1. The van der Waals surface area contributed by atoms with Crippen LogP contribution < -0.4 is 4.18 Å².